The fourth-order valence-corrected chi connectivity index (χ4v) is 4.64. The number of amides is 2. The van der Waals surface area contributed by atoms with Gasteiger partial charge in [0.1, 0.15) is 0 Å². The largest absolute Gasteiger partial charge is 0.454 e. The number of hydrogen-bond donors (Lipinski definition) is 1. The van der Waals surface area contributed by atoms with Gasteiger partial charge in [-0.25, -0.2) is 0 Å². The van der Waals surface area contributed by atoms with Crippen molar-refractivity contribution in [1.82, 2.24) is 0 Å². The topological polar surface area (TPSA) is 71.1 Å². The van der Waals surface area contributed by atoms with Gasteiger partial charge in [0.25, 0.3) is 0 Å². The molecule has 3 aliphatic heterocycles. The molecule has 0 aromatic heterocycles. The minimum absolute atomic E-state index is 0.0295. The number of anilines is 3. The first kappa shape index (κ1) is 22.4. The van der Waals surface area contributed by atoms with Crippen molar-refractivity contribution in [1.29, 1.82) is 0 Å². The molecular weight excluding hydrogens is 451 g/mol. The van der Waals surface area contributed by atoms with Crippen molar-refractivity contribution in [3.8, 4) is 11.5 Å². The van der Waals surface area contributed by atoms with Crippen LogP contribution in [0.3, 0.4) is 0 Å². The molecule has 2 fully saturated rings. The van der Waals surface area contributed by atoms with Gasteiger partial charge in [0.15, 0.2) is 11.5 Å². The van der Waals surface area contributed by atoms with E-state index in [1.165, 1.54) is 11.0 Å². The number of nitrogens with zero attached hydrogens (tertiary/aromatic N) is 2. The van der Waals surface area contributed by atoms with Gasteiger partial charge in [0, 0.05) is 37.8 Å². The lowest BCUT2D eigenvalue weighted by Crippen LogP contribution is -2.32. The zero-order chi connectivity index (χ0) is 23.9. The van der Waals surface area contributed by atoms with Gasteiger partial charge in [0.05, 0.1) is 22.9 Å². The van der Waals surface area contributed by atoms with E-state index in [0.717, 1.165) is 31.4 Å². The maximum absolute atomic E-state index is 13.4. The van der Waals surface area contributed by atoms with Crippen LogP contribution in [0.4, 0.5) is 30.2 Å². The molecule has 2 saturated heterocycles. The molecule has 0 radical (unpaired) electrons. The van der Waals surface area contributed by atoms with E-state index in [-0.39, 0.29) is 31.4 Å². The van der Waals surface area contributed by atoms with Gasteiger partial charge in [-0.05, 0) is 49.6 Å². The molecule has 1 N–H and O–H groups in total. The first-order chi connectivity index (χ1) is 16.3. The number of halogens is 3. The number of benzene rings is 2. The van der Waals surface area contributed by atoms with E-state index in [1.54, 1.807) is 18.2 Å². The molecule has 0 saturated carbocycles. The highest BCUT2D eigenvalue weighted by molar-refractivity contribution is 6.04. The Morgan fingerprint density at radius 1 is 1.00 bits per heavy atom. The summed E-state index contributed by atoms with van der Waals surface area (Å²) in [5.41, 5.74) is 0.444. The summed E-state index contributed by atoms with van der Waals surface area (Å²) >= 11 is 0. The van der Waals surface area contributed by atoms with E-state index in [9.17, 15) is 22.8 Å². The van der Waals surface area contributed by atoms with Crippen LogP contribution in [0.1, 0.15) is 31.2 Å². The van der Waals surface area contributed by atoms with Crippen LogP contribution in [0, 0.1) is 5.92 Å². The Labute approximate surface area is 194 Å². The van der Waals surface area contributed by atoms with Crippen LogP contribution >= 0.6 is 0 Å². The van der Waals surface area contributed by atoms with E-state index in [1.807, 2.05) is 4.90 Å². The van der Waals surface area contributed by atoms with Crippen molar-refractivity contribution in [2.45, 2.75) is 31.9 Å². The lowest BCUT2D eigenvalue weighted by molar-refractivity contribution is -0.137. The van der Waals surface area contributed by atoms with Gasteiger partial charge in [0.2, 0.25) is 18.6 Å². The standard InChI is InChI=1S/C24H24F3N3O4/c25-24(26,27)16-4-6-19(29-8-2-1-3-9-29)18(11-16)28-23(32)15-10-22(31)30(13-15)17-5-7-20-21(12-17)34-14-33-20/h4-7,11-12,15H,1-3,8-10,13-14H2,(H,28,32). The van der Waals surface area contributed by atoms with Gasteiger partial charge in [-0.15, -0.1) is 0 Å². The third kappa shape index (κ3) is 4.36. The zero-order valence-electron chi connectivity index (χ0n) is 18.4. The molecule has 2 amide bonds. The Bertz CT molecular complexity index is 1120. The van der Waals surface area contributed by atoms with Crippen LogP contribution in [0.15, 0.2) is 36.4 Å². The molecule has 7 nitrogen and oxygen atoms in total. The number of alkyl halides is 3. The number of hydrogen-bond acceptors (Lipinski definition) is 5. The molecule has 0 aliphatic carbocycles. The Morgan fingerprint density at radius 3 is 2.53 bits per heavy atom. The fourth-order valence-electron chi connectivity index (χ4n) is 4.64. The molecule has 2 aromatic carbocycles. The van der Waals surface area contributed by atoms with Crippen molar-refractivity contribution < 1.29 is 32.2 Å². The maximum Gasteiger partial charge on any atom is 0.416 e. The number of fused-ring (bicyclic) bond motifs is 1. The van der Waals surface area contributed by atoms with E-state index >= 15 is 0 Å². The summed E-state index contributed by atoms with van der Waals surface area (Å²) in [4.78, 5) is 29.2. The summed E-state index contributed by atoms with van der Waals surface area (Å²) in [7, 11) is 0. The van der Waals surface area contributed by atoms with Gasteiger partial charge < -0.3 is 24.6 Å². The third-order valence-corrected chi connectivity index (χ3v) is 6.44. The number of carbonyl (C=O) groups is 2. The number of rotatable bonds is 4. The highest BCUT2D eigenvalue weighted by atomic mass is 19.4. The van der Waals surface area contributed by atoms with Gasteiger partial charge in [-0.2, -0.15) is 13.2 Å². The second kappa shape index (κ2) is 8.73. The van der Waals surface area contributed by atoms with Crippen molar-refractivity contribution in [3.05, 3.63) is 42.0 Å². The second-order valence-corrected chi connectivity index (χ2v) is 8.71. The number of carbonyl (C=O) groups excluding carboxylic acids is 2. The normalized spacial score (nSPS) is 20.1. The van der Waals surface area contributed by atoms with Gasteiger partial charge >= 0.3 is 6.18 Å². The van der Waals surface area contributed by atoms with E-state index < -0.39 is 23.6 Å². The average molecular weight is 475 g/mol. The lowest BCUT2D eigenvalue weighted by atomic mass is 10.1. The summed E-state index contributed by atoms with van der Waals surface area (Å²) in [5, 5.41) is 2.69. The quantitative estimate of drug-likeness (QED) is 0.709. The molecule has 5 rings (SSSR count). The molecule has 34 heavy (non-hydrogen) atoms. The zero-order valence-corrected chi connectivity index (χ0v) is 18.4. The van der Waals surface area contributed by atoms with E-state index in [4.69, 9.17) is 9.47 Å². The van der Waals surface area contributed by atoms with Crippen LogP contribution in [0.25, 0.3) is 0 Å². The molecule has 180 valence electrons. The number of piperidine rings is 1. The van der Waals surface area contributed by atoms with Crippen LogP contribution < -0.4 is 24.6 Å². The highest BCUT2D eigenvalue weighted by Crippen LogP contribution is 2.39. The fraction of sp³-hybridized carbons (Fsp3) is 0.417. The molecule has 0 bridgehead atoms. The van der Waals surface area contributed by atoms with Crippen LogP contribution in [0.2, 0.25) is 0 Å². The van der Waals surface area contributed by atoms with Crippen molar-refractivity contribution in [3.63, 3.8) is 0 Å². The second-order valence-electron chi connectivity index (χ2n) is 8.71. The molecule has 2 aromatic rings. The molecule has 1 atom stereocenters. The Balaban J connectivity index is 1.35. The van der Waals surface area contributed by atoms with Crippen LogP contribution in [-0.2, 0) is 15.8 Å². The Kier molecular flexibility index (Phi) is 5.75. The summed E-state index contributed by atoms with van der Waals surface area (Å²) in [5.74, 6) is -0.303. The molecular formula is C24H24F3N3O4. The van der Waals surface area contributed by atoms with E-state index in [0.29, 0.717) is 36.0 Å². The molecule has 3 heterocycles. The van der Waals surface area contributed by atoms with Crippen LogP contribution in [0.5, 0.6) is 11.5 Å². The van der Waals surface area contributed by atoms with Gasteiger partial charge in [-0.1, -0.05) is 0 Å². The van der Waals surface area contributed by atoms with Crippen molar-refractivity contribution in [2.24, 2.45) is 5.92 Å². The molecule has 3 aliphatic rings. The molecule has 1 unspecified atom stereocenters. The monoisotopic (exact) mass is 475 g/mol. The predicted molar refractivity (Wildman–Crippen MR) is 119 cm³/mol. The third-order valence-electron chi connectivity index (χ3n) is 6.44. The predicted octanol–water partition coefficient (Wildman–Crippen LogP) is 4.42. The number of nitrogens with one attached hydrogen (secondary N) is 1. The first-order valence-electron chi connectivity index (χ1n) is 11.3. The van der Waals surface area contributed by atoms with Crippen LogP contribution in [-0.4, -0.2) is 38.2 Å². The maximum atomic E-state index is 13.4. The smallest absolute Gasteiger partial charge is 0.416 e. The highest BCUT2D eigenvalue weighted by Gasteiger charge is 2.37. The first-order valence-corrected chi connectivity index (χ1v) is 11.3. The lowest BCUT2D eigenvalue weighted by Gasteiger charge is -2.31. The SMILES string of the molecule is O=C(Nc1cc(C(F)(F)F)ccc1N1CCCCC1)C1CC(=O)N(c2ccc3c(c2)OCO3)C1. The summed E-state index contributed by atoms with van der Waals surface area (Å²) in [6.07, 6.45) is -1.61. The molecule has 10 heteroatoms. The Hall–Kier alpha value is -3.43. The average Bonchev–Trinajstić information content (AvgIpc) is 3.45. The molecule has 0 spiro atoms. The van der Waals surface area contributed by atoms with Crippen molar-refractivity contribution in [2.75, 3.05) is 41.5 Å². The minimum Gasteiger partial charge on any atom is -0.454 e. The summed E-state index contributed by atoms with van der Waals surface area (Å²) in [6.45, 7) is 1.67. The minimum atomic E-state index is -4.53. The summed E-state index contributed by atoms with van der Waals surface area (Å²) in [6, 6.07) is 8.54. The summed E-state index contributed by atoms with van der Waals surface area (Å²) < 4.78 is 50.8. The van der Waals surface area contributed by atoms with E-state index in [2.05, 4.69) is 5.32 Å². The number of ether oxygens (including phenoxy) is 2. The van der Waals surface area contributed by atoms with Crippen molar-refractivity contribution >= 4 is 28.9 Å². The Morgan fingerprint density at radius 2 is 1.76 bits per heavy atom. The van der Waals surface area contributed by atoms with Gasteiger partial charge in [-0.3, -0.25) is 9.59 Å².